The van der Waals surface area contributed by atoms with E-state index in [0.29, 0.717) is 116 Å². The SMILES string of the molecule is CCCCC(CCCOC(=O)c1cc(C(=O)OCCCC(CCCC)(C(=O)OC2CC(C)(C)NC(C)(C)C2)C(=O)OC2CC(C)(C)NC(C)(C)C2)cc(C(=O)OCCCC(CCCC)(C(=O)OC2CC(C)(C)NC(C)(C)C2)C(=O)OC2CC(C)(C)NC(C)(C)C2)c1)(C(=O)OC1CC(C)(C)NC(C)(C)C1)C(=O)OC1CC(C)(C)NC(C)(C)C1. The van der Waals surface area contributed by atoms with Gasteiger partial charge in [-0.3, -0.25) is 28.8 Å². The largest absolute Gasteiger partial charge is 0.462 e. The summed E-state index contributed by atoms with van der Waals surface area (Å²) in [5, 5.41) is 21.9. The topological polar surface area (TPSA) is 309 Å². The van der Waals surface area contributed by atoms with Gasteiger partial charge in [0.05, 0.1) is 36.5 Å². The summed E-state index contributed by atoms with van der Waals surface area (Å²) in [5.41, 5.74) is -10.9. The molecule has 0 amide bonds. The highest BCUT2D eigenvalue weighted by Gasteiger charge is 2.57. The fourth-order valence-corrected chi connectivity index (χ4v) is 21.6. The van der Waals surface area contributed by atoms with E-state index in [2.05, 4.69) is 198 Å². The molecule has 0 atom stereocenters. The van der Waals surface area contributed by atoms with Crippen LogP contribution in [0, 0.1) is 16.2 Å². The molecule has 0 aromatic heterocycles. The molecular formula is C93H156N6O18. The van der Waals surface area contributed by atoms with Crippen molar-refractivity contribution in [3.63, 3.8) is 0 Å². The van der Waals surface area contributed by atoms with Gasteiger partial charge in [0.25, 0.3) is 0 Å². The molecule has 117 heavy (non-hydrogen) atoms. The number of carbonyl (C=O) groups is 9. The fraction of sp³-hybridized carbons (Fsp3) is 0.839. The Morgan fingerprint density at radius 3 is 0.530 bits per heavy atom. The van der Waals surface area contributed by atoms with Crippen LogP contribution in [0.5, 0.6) is 0 Å². The highest BCUT2D eigenvalue weighted by molar-refractivity contribution is 6.03. The molecule has 0 spiro atoms. The maximum absolute atomic E-state index is 15.2. The average molecular weight is 1650 g/mol. The third kappa shape index (κ3) is 28.4. The minimum absolute atomic E-state index is 0.00624. The molecular weight excluding hydrogens is 1490 g/mol. The molecule has 1 aromatic carbocycles. The van der Waals surface area contributed by atoms with Crippen molar-refractivity contribution in [2.24, 2.45) is 16.2 Å². The van der Waals surface area contributed by atoms with Gasteiger partial charge in [-0.1, -0.05) is 59.3 Å². The van der Waals surface area contributed by atoms with Crippen LogP contribution in [0.1, 0.15) is 391 Å². The number of esters is 9. The molecule has 0 radical (unpaired) electrons. The summed E-state index contributed by atoms with van der Waals surface area (Å²) in [6.07, 6.45) is 6.14. The Morgan fingerprint density at radius 2 is 0.393 bits per heavy atom. The van der Waals surface area contributed by atoms with E-state index in [9.17, 15) is 14.4 Å². The number of rotatable bonds is 36. The maximum Gasteiger partial charge on any atom is 0.338 e. The van der Waals surface area contributed by atoms with Crippen LogP contribution >= 0.6 is 0 Å². The van der Waals surface area contributed by atoms with Crippen LogP contribution in [-0.4, -0.2) is 177 Å². The van der Waals surface area contributed by atoms with Crippen molar-refractivity contribution >= 4 is 53.7 Å². The van der Waals surface area contributed by atoms with Gasteiger partial charge in [0.2, 0.25) is 0 Å². The minimum Gasteiger partial charge on any atom is -0.462 e. The fourth-order valence-electron chi connectivity index (χ4n) is 21.6. The van der Waals surface area contributed by atoms with Crippen molar-refractivity contribution in [1.82, 2.24) is 31.9 Å². The minimum atomic E-state index is -1.79. The molecule has 6 fully saturated rings. The zero-order valence-electron chi connectivity index (χ0n) is 77.3. The summed E-state index contributed by atoms with van der Waals surface area (Å²) in [6, 6.07) is 3.72. The number of ether oxygens (including phenoxy) is 9. The van der Waals surface area contributed by atoms with Crippen LogP contribution in [0.2, 0.25) is 0 Å². The highest BCUT2D eigenvalue weighted by atomic mass is 16.6. The van der Waals surface area contributed by atoms with E-state index in [-0.39, 0.29) is 94.3 Å². The molecule has 0 bridgehead atoms. The normalized spacial score (nSPS) is 22.9. The van der Waals surface area contributed by atoms with Crippen LogP contribution in [0.25, 0.3) is 0 Å². The summed E-state index contributed by atoms with van der Waals surface area (Å²) < 4.78 is 57.1. The van der Waals surface area contributed by atoms with Crippen LogP contribution in [0.4, 0.5) is 0 Å². The van der Waals surface area contributed by atoms with Crippen molar-refractivity contribution in [2.75, 3.05) is 19.8 Å². The molecule has 24 heteroatoms. The number of hydrogen-bond donors (Lipinski definition) is 6. The highest BCUT2D eigenvalue weighted by Crippen LogP contribution is 2.45. The van der Waals surface area contributed by atoms with Crippen molar-refractivity contribution in [1.29, 1.82) is 0 Å². The maximum atomic E-state index is 15.2. The third-order valence-electron chi connectivity index (χ3n) is 24.4. The molecule has 0 aliphatic carbocycles. The first kappa shape index (κ1) is 98.3. The molecule has 24 nitrogen and oxygen atoms in total. The van der Waals surface area contributed by atoms with E-state index in [1.54, 1.807) is 0 Å². The average Bonchev–Trinajstić information content (AvgIpc) is 0.780. The number of nitrogens with one attached hydrogen (secondary N) is 6. The predicted molar refractivity (Wildman–Crippen MR) is 453 cm³/mol. The van der Waals surface area contributed by atoms with Gasteiger partial charge in [-0.05, 0) is 242 Å². The Bertz CT molecular complexity index is 3010. The van der Waals surface area contributed by atoms with Gasteiger partial charge in [0.1, 0.15) is 36.6 Å². The number of hydrogen-bond acceptors (Lipinski definition) is 24. The third-order valence-corrected chi connectivity index (χ3v) is 24.4. The van der Waals surface area contributed by atoms with Gasteiger partial charge in [-0.2, -0.15) is 0 Å². The van der Waals surface area contributed by atoms with E-state index in [1.165, 1.54) is 18.2 Å². The second-order valence-electron chi connectivity index (χ2n) is 44.0. The van der Waals surface area contributed by atoms with E-state index >= 15 is 28.8 Å². The number of unbranched alkanes of at least 4 members (excludes halogenated alkanes) is 3. The standard InChI is InChI=1S/C93H156N6O18/c1-28-31-37-91(73(103)112-64-49-79(4,5)94-80(6,7)50-64,74(104)113-65-51-81(8,9)95-82(10,11)52-65)40-34-43-109-70(100)61-46-62(71(101)110-44-35-41-92(38-32-29-2,75(105)114-66-53-83(12,13)96-84(14,15)54-66)76(106)115-67-55-85(16,17)97-86(18,19)56-67)48-63(47-61)72(102)111-45-36-42-93(39-33-30-3,77(107)116-68-57-87(20,21)98-88(22,23)58-68)78(108)117-69-59-89(24,25)99-90(26,27)60-69/h46-48,64-69,94-99H,28-45,49-60H2,1-27H3. The first-order chi connectivity index (χ1) is 53.6. The molecule has 7 rings (SSSR count). The molecule has 6 saturated heterocycles. The lowest BCUT2D eigenvalue weighted by molar-refractivity contribution is -0.186. The summed E-state index contributed by atoms with van der Waals surface area (Å²) in [4.78, 5) is 136. The van der Waals surface area contributed by atoms with E-state index < -0.39 is 173 Å². The number of benzene rings is 1. The molecule has 666 valence electrons. The van der Waals surface area contributed by atoms with Crippen molar-refractivity contribution in [2.45, 2.75) is 463 Å². The Balaban J connectivity index is 1.21. The van der Waals surface area contributed by atoms with Crippen molar-refractivity contribution in [3.8, 4) is 0 Å². The lowest BCUT2D eigenvalue weighted by Crippen LogP contribution is -2.61. The molecule has 6 N–H and O–H groups in total. The Labute approximate surface area is 702 Å². The van der Waals surface area contributed by atoms with Crippen LogP contribution in [0.3, 0.4) is 0 Å². The summed E-state index contributed by atoms with van der Waals surface area (Å²) in [7, 11) is 0. The van der Waals surface area contributed by atoms with Gasteiger partial charge >= 0.3 is 53.7 Å². The first-order valence-corrected chi connectivity index (χ1v) is 44.3. The summed E-state index contributed by atoms with van der Waals surface area (Å²) >= 11 is 0. The quantitative estimate of drug-likeness (QED) is 0.0157. The summed E-state index contributed by atoms with van der Waals surface area (Å²) in [6.45, 7) is 54.3. The summed E-state index contributed by atoms with van der Waals surface area (Å²) in [5.74, 6) is -7.06. The molecule has 6 heterocycles. The smallest absolute Gasteiger partial charge is 0.338 e. The van der Waals surface area contributed by atoms with Gasteiger partial charge in [-0.15, -0.1) is 0 Å². The monoisotopic (exact) mass is 1650 g/mol. The molecule has 1 aromatic rings. The van der Waals surface area contributed by atoms with Gasteiger partial charge in [0, 0.05) is 144 Å². The first-order valence-electron chi connectivity index (χ1n) is 44.3. The predicted octanol–water partition coefficient (Wildman–Crippen LogP) is 16.1. The lowest BCUT2D eigenvalue weighted by atomic mass is 9.77. The van der Waals surface area contributed by atoms with E-state index in [0.717, 1.165) is 0 Å². The van der Waals surface area contributed by atoms with Crippen molar-refractivity contribution in [3.05, 3.63) is 34.9 Å². The zero-order valence-corrected chi connectivity index (χ0v) is 77.3. The molecule has 0 saturated carbocycles. The number of piperidine rings is 6. The second-order valence-corrected chi connectivity index (χ2v) is 44.0. The zero-order chi connectivity index (χ0) is 87.8. The Hall–Kier alpha value is -5.79. The Kier molecular flexibility index (Phi) is 31.9. The second kappa shape index (κ2) is 37.9. The van der Waals surface area contributed by atoms with Crippen molar-refractivity contribution < 1.29 is 85.8 Å². The van der Waals surface area contributed by atoms with E-state index in [1.807, 2.05) is 20.8 Å². The van der Waals surface area contributed by atoms with Crippen LogP contribution in [0.15, 0.2) is 18.2 Å². The lowest BCUT2D eigenvalue weighted by Gasteiger charge is -2.47. The molecule has 6 aliphatic heterocycles. The van der Waals surface area contributed by atoms with E-state index in [4.69, 9.17) is 42.6 Å². The van der Waals surface area contributed by atoms with Gasteiger partial charge < -0.3 is 74.5 Å². The van der Waals surface area contributed by atoms with Gasteiger partial charge in [-0.25, -0.2) is 14.4 Å². The van der Waals surface area contributed by atoms with Gasteiger partial charge in [0.15, 0.2) is 16.2 Å². The number of carbonyl (C=O) groups excluding carboxylic acids is 9. The molecule has 6 aliphatic rings. The van der Waals surface area contributed by atoms with Crippen LogP contribution < -0.4 is 31.9 Å². The Morgan fingerprint density at radius 1 is 0.256 bits per heavy atom. The molecule has 0 unspecified atom stereocenters. The van der Waals surface area contributed by atoms with Crippen LogP contribution in [-0.2, 0) is 71.4 Å².